The fourth-order valence-corrected chi connectivity index (χ4v) is 4.32. The van der Waals surface area contributed by atoms with Crippen molar-refractivity contribution in [1.29, 1.82) is 0 Å². The average Bonchev–Trinajstić information content (AvgIpc) is 2.90. The van der Waals surface area contributed by atoms with Gasteiger partial charge >= 0.3 is 0 Å². The Hall–Kier alpha value is -3.93. The van der Waals surface area contributed by atoms with Crippen molar-refractivity contribution in [2.45, 2.75) is 25.2 Å². The number of amides is 1. The number of pyridine rings is 2. The van der Waals surface area contributed by atoms with Crippen molar-refractivity contribution in [3.05, 3.63) is 108 Å². The molecule has 0 N–H and O–H groups in total. The highest BCUT2D eigenvalue weighted by Crippen LogP contribution is 2.28. The van der Waals surface area contributed by atoms with Crippen molar-refractivity contribution in [1.82, 2.24) is 24.8 Å². The van der Waals surface area contributed by atoms with Crippen LogP contribution in [-0.2, 0) is 6.42 Å². The molecule has 1 aromatic carbocycles. The molecular formula is C27H25N5O. The van der Waals surface area contributed by atoms with Gasteiger partial charge in [0, 0.05) is 54.8 Å². The summed E-state index contributed by atoms with van der Waals surface area (Å²) in [6.45, 7) is 1.41. The van der Waals surface area contributed by atoms with Gasteiger partial charge in [-0.1, -0.05) is 42.5 Å². The van der Waals surface area contributed by atoms with E-state index in [9.17, 15) is 4.79 Å². The lowest BCUT2D eigenvalue weighted by Gasteiger charge is -2.31. The van der Waals surface area contributed by atoms with Gasteiger partial charge < -0.3 is 4.90 Å². The lowest BCUT2D eigenvalue weighted by Crippen LogP contribution is -2.38. The molecule has 33 heavy (non-hydrogen) atoms. The number of hydrogen-bond donors (Lipinski definition) is 0. The zero-order valence-corrected chi connectivity index (χ0v) is 18.3. The topological polar surface area (TPSA) is 71.9 Å². The minimum atomic E-state index is -0.0297. The van der Waals surface area contributed by atoms with E-state index in [4.69, 9.17) is 4.98 Å². The van der Waals surface area contributed by atoms with Crippen molar-refractivity contribution in [3.63, 3.8) is 0 Å². The number of carbonyl (C=O) groups is 1. The number of likely N-dealkylation sites (tertiary alicyclic amines) is 1. The van der Waals surface area contributed by atoms with Crippen LogP contribution in [0.3, 0.4) is 0 Å². The summed E-state index contributed by atoms with van der Waals surface area (Å²) in [5, 5.41) is 0. The quantitative estimate of drug-likeness (QED) is 0.460. The Kier molecular flexibility index (Phi) is 6.15. The van der Waals surface area contributed by atoms with E-state index in [1.807, 2.05) is 23.1 Å². The third kappa shape index (κ3) is 4.95. The molecule has 1 saturated heterocycles. The van der Waals surface area contributed by atoms with Crippen LogP contribution in [-0.4, -0.2) is 43.8 Å². The van der Waals surface area contributed by atoms with Crippen LogP contribution in [0.25, 0.3) is 11.3 Å². The molecule has 5 rings (SSSR count). The van der Waals surface area contributed by atoms with Gasteiger partial charge in [0.2, 0.25) is 0 Å². The predicted molar refractivity (Wildman–Crippen MR) is 127 cm³/mol. The molecule has 3 aromatic heterocycles. The highest BCUT2D eigenvalue weighted by molar-refractivity contribution is 5.93. The molecule has 1 amide bonds. The molecule has 0 spiro atoms. The molecular weight excluding hydrogens is 410 g/mol. The summed E-state index contributed by atoms with van der Waals surface area (Å²) in [6, 6.07) is 22.2. The van der Waals surface area contributed by atoms with Crippen LogP contribution in [0.2, 0.25) is 0 Å². The van der Waals surface area contributed by atoms with Gasteiger partial charge in [0.15, 0.2) is 0 Å². The highest BCUT2D eigenvalue weighted by atomic mass is 16.2. The number of rotatable bonds is 5. The Balaban J connectivity index is 1.23. The van der Waals surface area contributed by atoms with Crippen molar-refractivity contribution in [3.8, 4) is 11.3 Å². The monoisotopic (exact) mass is 435 g/mol. The van der Waals surface area contributed by atoms with Gasteiger partial charge in [0.05, 0.1) is 5.69 Å². The Morgan fingerprint density at radius 2 is 1.61 bits per heavy atom. The first-order chi connectivity index (χ1) is 16.3. The van der Waals surface area contributed by atoms with E-state index in [2.05, 4.69) is 57.4 Å². The van der Waals surface area contributed by atoms with Gasteiger partial charge in [-0.2, -0.15) is 0 Å². The largest absolute Gasteiger partial charge is 0.337 e. The van der Waals surface area contributed by atoms with E-state index in [0.29, 0.717) is 30.4 Å². The second-order valence-electron chi connectivity index (χ2n) is 8.32. The maximum atomic E-state index is 13.1. The van der Waals surface area contributed by atoms with Crippen LogP contribution in [0.15, 0.2) is 85.5 Å². The van der Waals surface area contributed by atoms with E-state index in [0.717, 1.165) is 36.2 Å². The van der Waals surface area contributed by atoms with Crippen molar-refractivity contribution in [2.75, 3.05) is 13.1 Å². The van der Waals surface area contributed by atoms with Gasteiger partial charge in [0.25, 0.3) is 5.91 Å². The molecule has 1 aliphatic rings. The summed E-state index contributed by atoms with van der Waals surface area (Å²) in [6.07, 6.45) is 7.52. The SMILES string of the molecule is O=C(c1cccc(-c2cncnc2)n1)N1CCC(c2cccc(Cc3ccccc3)n2)CC1. The second-order valence-corrected chi connectivity index (χ2v) is 8.32. The molecule has 1 fully saturated rings. The van der Waals surface area contributed by atoms with Crippen LogP contribution in [0.1, 0.15) is 46.2 Å². The van der Waals surface area contributed by atoms with E-state index >= 15 is 0 Å². The van der Waals surface area contributed by atoms with Crippen LogP contribution in [0.5, 0.6) is 0 Å². The maximum Gasteiger partial charge on any atom is 0.272 e. The summed E-state index contributed by atoms with van der Waals surface area (Å²) in [5.41, 5.74) is 5.43. The smallest absolute Gasteiger partial charge is 0.272 e. The normalized spacial score (nSPS) is 14.2. The molecule has 4 heterocycles. The van der Waals surface area contributed by atoms with Gasteiger partial charge in [-0.15, -0.1) is 0 Å². The molecule has 4 aromatic rings. The van der Waals surface area contributed by atoms with Gasteiger partial charge in [0.1, 0.15) is 12.0 Å². The molecule has 0 bridgehead atoms. The van der Waals surface area contributed by atoms with Crippen LogP contribution in [0, 0.1) is 0 Å². The minimum absolute atomic E-state index is 0.0297. The zero-order chi connectivity index (χ0) is 22.5. The van der Waals surface area contributed by atoms with E-state index in [1.54, 1.807) is 18.5 Å². The zero-order valence-electron chi connectivity index (χ0n) is 18.3. The second kappa shape index (κ2) is 9.69. The van der Waals surface area contributed by atoms with E-state index in [1.165, 1.54) is 11.9 Å². The third-order valence-electron chi connectivity index (χ3n) is 6.08. The van der Waals surface area contributed by atoms with Crippen molar-refractivity contribution >= 4 is 5.91 Å². The molecule has 6 nitrogen and oxygen atoms in total. The first-order valence-corrected chi connectivity index (χ1v) is 11.3. The molecule has 164 valence electrons. The Labute approximate surface area is 193 Å². The van der Waals surface area contributed by atoms with E-state index < -0.39 is 0 Å². The van der Waals surface area contributed by atoms with Crippen LogP contribution >= 0.6 is 0 Å². The summed E-state index contributed by atoms with van der Waals surface area (Å²) in [7, 11) is 0. The Bertz CT molecular complexity index is 1220. The summed E-state index contributed by atoms with van der Waals surface area (Å²) in [4.78, 5) is 32.6. The molecule has 0 radical (unpaired) electrons. The fraction of sp³-hybridized carbons (Fsp3) is 0.222. The lowest BCUT2D eigenvalue weighted by atomic mass is 9.92. The Morgan fingerprint density at radius 1 is 0.848 bits per heavy atom. The number of carbonyl (C=O) groups excluding carboxylic acids is 1. The molecule has 6 heteroatoms. The van der Waals surface area contributed by atoms with E-state index in [-0.39, 0.29) is 5.91 Å². The van der Waals surface area contributed by atoms with Gasteiger partial charge in [-0.25, -0.2) is 15.0 Å². The Morgan fingerprint density at radius 3 is 2.39 bits per heavy atom. The summed E-state index contributed by atoms with van der Waals surface area (Å²) < 4.78 is 0. The number of benzene rings is 1. The predicted octanol–water partition coefficient (Wildman–Crippen LogP) is 4.54. The van der Waals surface area contributed by atoms with Crippen LogP contribution < -0.4 is 0 Å². The number of hydrogen-bond acceptors (Lipinski definition) is 5. The highest BCUT2D eigenvalue weighted by Gasteiger charge is 2.26. The lowest BCUT2D eigenvalue weighted by molar-refractivity contribution is 0.0706. The van der Waals surface area contributed by atoms with Crippen molar-refractivity contribution in [2.24, 2.45) is 0 Å². The summed E-state index contributed by atoms with van der Waals surface area (Å²) >= 11 is 0. The molecule has 0 unspecified atom stereocenters. The van der Waals surface area contributed by atoms with Crippen molar-refractivity contribution < 1.29 is 4.79 Å². The average molecular weight is 436 g/mol. The van der Waals surface area contributed by atoms with Gasteiger partial charge in [-0.3, -0.25) is 9.78 Å². The molecule has 0 aliphatic carbocycles. The molecule has 0 atom stereocenters. The number of aromatic nitrogens is 4. The molecule has 1 aliphatic heterocycles. The molecule has 0 saturated carbocycles. The summed E-state index contributed by atoms with van der Waals surface area (Å²) in [5.74, 6) is 0.337. The number of nitrogens with zero attached hydrogens (tertiary/aromatic N) is 5. The first-order valence-electron chi connectivity index (χ1n) is 11.3. The van der Waals surface area contributed by atoms with Crippen LogP contribution in [0.4, 0.5) is 0 Å². The third-order valence-corrected chi connectivity index (χ3v) is 6.08. The standard InChI is InChI=1S/C27H25N5O/c33-27(26-11-5-10-25(31-26)22-17-28-19-29-18-22)32-14-12-21(13-15-32)24-9-4-8-23(30-24)16-20-6-2-1-3-7-20/h1-11,17-19,21H,12-16H2. The fourth-order valence-electron chi connectivity index (χ4n) is 4.32. The maximum absolute atomic E-state index is 13.1. The minimum Gasteiger partial charge on any atom is -0.337 e. The number of piperidine rings is 1. The first kappa shape index (κ1) is 20.9. The van der Waals surface area contributed by atoms with Gasteiger partial charge in [-0.05, 0) is 42.7 Å².